The summed E-state index contributed by atoms with van der Waals surface area (Å²) in [7, 11) is 0. The van der Waals surface area contributed by atoms with E-state index in [0.29, 0.717) is 6.07 Å². The Balaban J connectivity index is 3.04. The van der Waals surface area contributed by atoms with Crippen LogP contribution in [0.2, 0.25) is 0 Å². The van der Waals surface area contributed by atoms with Crippen molar-refractivity contribution in [2.24, 2.45) is 0 Å². The van der Waals surface area contributed by atoms with E-state index in [4.69, 9.17) is 5.11 Å². The summed E-state index contributed by atoms with van der Waals surface area (Å²) in [5.41, 5.74) is -2.63. The number of fused-ring (bicyclic) bond motifs is 1. The first-order chi connectivity index (χ1) is 10.3. The molecule has 0 radical (unpaired) electrons. The molecule has 22 heavy (non-hydrogen) atoms. The number of Topliss-reactive ketones (excluding diaryl/α,β-unsaturated/α-hetero) is 1. The fraction of sp³-hybridized carbons (Fsp3) is 0.214. The van der Waals surface area contributed by atoms with Crippen LogP contribution < -0.4 is 5.43 Å². The van der Waals surface area contributed by atoms with Gasteiger partial charge in [-0.25, -0.2) is 13.6 Å². The summed E-state index contributed by atoms with van der Waals surface area (Å²) >= 11 is 2.84. The van der Waals surface area contributed by atoms with Gasteiger partial charge in [0.05, 0.1) is 21.8 Å². The summed E-state index contributed by atoms with van der Waals surface area (Å²) in [6.07, 6.45) is 0.983. The molecule has 0 amide bonds. The van der Waals surface area contributed by atoms with E-state index in [1.165, 1.54) is 4.57 Å². The summed E-state index contributed by atoms with van der Waals surface area (Å²) in [6.45, 7) is 1.74. The van der Waals surface area contributed by atoms with Gasteiger partial charge in [0.2, 0.25) is 5.43 Å². The lowest BCUT2D eigenvalue weighted by atomic mass is 10.0. The number of aryl methyl sites for hydroxylation is 1. The molecule has 1 heterocycles. The second-order valence-corrected chi connectivity index (χ2v) is 5.02. The van der Waals surface area contributed by atoms with Crippen LogP contribution in [0, 0.1) is 11.6 Å². The van der Waals surface area contributed by atoms with Crippen molar-refractivity contribution in [1.82, 2.24) is 4.57 Å². The average molecular weight is 374 g/mol. The van der Waals surface area contributed by atoms with E-state index < -0.39 is 45.3 Å². The quantitative estimate of drug-likeness (QED) is 0.659. The molecule has 1 aromatic carbocycles. The monoisotopic (exact) mass is 373 g/mol. The van der Waals surface area contributed by atoms with Crippen molar-refractivity contribution in [3.63, 3.8) is 0 Å². The minimum atomic E-state index is -1.49. The van der Waals surface area contributed by atoms with Gasteiger partial charge in [-0.3, -0.25) is 9.59 Å². The van der Waals surface area contributed by atoms with E-state index in [0.717, 1.165) is 6.20 Å². The predicted octanol–water partition coefficient (Wildman–Crippen LogP) is 2.58. The second-order valence-electron chi connectivity index (χ2n) is 4.46. The first-order valence-corrected chi connectivity index (χ1v) is 7.33. The van der Waals surface area contributed by atoms with Crippen LogP contribution in [-0.4, -0.2) is 26.8 Å². The molecule has 0 saturated heterocycles. The van der Waals surface area contributed by atoms with Crippen LogP contribution in [0.3, 0.4) is 0 Å². The molecule has 1 N–H and O–H groups in total. The lowest BCUT2D eigenvalue weighted by Crippen LogP contribution is -2.21. The molecule has 2 aromatic rings. The van der Waals surface area contributed by atoms with E-state index in [2.05, 4.69) is 15.9 Å². The lowest BCUT2D eigenvalue weighted by Gasteiger charge is -2.13. The molecule has 0 unspecified atom stereocenters. The first-order valence-electron chi connectivity index (χ1n) is 6.21. The summed E-state index contributed by atoms with van der Waals surface area (Å²) < 4.78 is 29.7. The number of ketones is 1. The zero-order chi connectivity index (χ0) is 16.6. The number of carboxylic acids is 1. The van der Waals surface area contributed by atoms with Gasteiger partial charge in [0.1, 0.15) is 11.4 Å². The van der Waals surface area contributed by atoms with Gasteiger partial charge < -0.3 is 9.67 Å². The highest BCUT2D eigenvalue weighted by molar-refractivity contribution is 9.09. The molecule has 0 bridgehead atoms. The molecule has 2 rings (SSSR count). The van der Waals surface area contributed by atoms with Crippen molar-refractivity contribution in [3.8, 4) is 0 Å². The third-order valence-electron chi connectivity index (χ3n) is 3.23. The van der Waals surface area contributed by atoms with Crippen molar-refractivity contribution >= 4 is 38.6 Å². The second kappa shape index (κ2) is 5.96. The zero-order valence-corrected chi connectivity index (χ0v) is 12.9. The lowest BCUT2D eigenvalue weighted by molar-refractivity contribution is 0.0694. The number of pyridine rings is 1. The van der Waals surface area contributed by atoms with E-state index in [1.807, 2.05) is 0 Å². The number of carboxylic acid groups (broad SMARTS) is 1. The number of nitrogens with zero attached hydrogens (tertiary/aromatic N) is 1. The Kier molecular flexibility index (Phi) is 4.41. The number of hydrogen-bond donors (Lipinski definition) is 1. The number of aromatic nitrogens is 1. The van der Waals surface area contributed by atoms with Crippen molar-refractivity contribution in [2.75, 3.05) is 5.33 Å². The number of carbonyl (C=O) groups excluding carboxylic acids is 1. The van der Waals surface area contributed by atoms with E-state index in [1.54, 1.807) is 6.92 Å². The topological polar surface area (TPSA) is 76.4 Å². The number of rotatable bonds is 4. The van der Waals surface area contributed by atoms with Crippen LogP contribution in [0.5, 0.6) is 0 Å². The molecule has 0 saturated carbocycles. The SMILES string of the molecule is CCn1cc(C(=O)O)c(=O)c2cc(F)c(C(=O)CBr)c(F)c21. The summed E-state index contributed by atoms with van der Waals surface area (Å²) in [6, 6.07) is 0.704. The molecule has 1 aromatic heterocycles. The summed E-state index contributed by atoms with van der Waals surface area (Å²) in [5, 5.41) is 8.31. The Morgan fingerprint density at radius 3 is 2.50 bits per heavy atom. The van der Waals surface area contributed by atoms with Crippen molar-refractivity contribution in [1.29, 1.82) is 0 Å². The van der Waals surface area contributed by atoms with Crippen LogP contribution >= 0.6 is 15.9 Å². The van der Waals surface area contributed by atoms with E-state index in [9.17, 15) is 23.2 Å². The van der Waals surface area contributed by atoms with E-state index >= 15 is 0 Å². The summed E-state index contributed by atoms with van der Waals surface area (Å²) in [5.74, 6) is -4.67. The number of alkyl halides is 1. The smallest absolute Gasteiger partial charge is 0.341 e. The van der Waals surface area contributed by atoms with Gasteiger partial charge in [0, 0.05) is 12.7 Å². The minimum absolute atomic E-state index is 0.140. The fourth-order valence-corrected chi connectivity index (χ4v) is 2.49. The van der Waals surface area contributed by atoms with Crippen LogP contribution in [0.4, 0.5) is 8.78 Å². The van der Waals surface area contributed by atoms with Crippen molar-refractivity contribution < 1.29 is 23.5 Å². The normalized spacial score (nSPS) is 10.9. The van der Waals surface area contributed by atoms with Crippen molar-refractivity contribution in [3.05, 3.63) is 45.2 Å². The standard InChI is InChI=1S/C14H10BrF2NO4/c1-2-18-5-7(14(21)22)13(20)6-3-8(16)10(9(19)4-15)11(17)12(6)18/h3,5H,2,4H2,1H3,(H,21,22). The molecule has 0 atom stereocenters. The van der Waals surface area contributed by atoms with Gasteiger partial charge in [0.25, 0.3) is 0 Å². The highest BCUT2D eigenvalue weighted by atomic mass is 79.9. The van der Waals surface area contributed by atoms with Crippen LogP contribution in [0.1, 0.15) is 27.6 Å². The number of halogens is 3. The van der Waals surface area contributed by atoms with Gasteiger partial charge >= 0.3 is 5.97 Å². The number of hydrogen-bond acceptors (Lipinski definition) is 3. The van der Waals surface area contributed by atoms with Gasteiger partial charge in [-0.1, -0.05) is 15.9 Å². The molecule has 0 aliphatic rings. The highest BCUT2D eigenvalue weighted by Crippen LogP contribution is 2.24. The maximum atomic E-state index is 14.5. The third-order valence-corrected chi connectivity index (χ3v) is 3.73. The molecule has 116 valence electrons. The van der Waals surface area contributed by atoms with Crippen LogP contribution in [0.15, 0.2) is 17.1 Å². The maximum absolute atomic E-state index is 14.5. The fourth-order valence-electron chi connectivity index (χ4n) is 2.21. The van der Waals surface area contributed by atoms with Gasteiger partial charge in [0.15, 0.2) is 11.6 Å². The molecule has 0 spiro atoms. The zero-order valence-electron chi connectivity index (χ0n) is 11.3. The largest absolute Gasteiger partial charge is 0.477 e. The van der Waals surface area contributed by atoms with Crippen LogP contribution in [0.25, 0.3) is 10.9 Å². The predicted molar refractivity (Wildman–Crippen MR) is 78.9 cm³/mol. The van der Waals surface area contributed by atoms with Gasteiger partial charge in [-0.05, 0) is 13.0 Å². The Morgan fingerprint density at radius 2 is 2.00 bits per heavy atom. The minimum Gasteiger partial charge on any atom is -0.477 e. The highest BCUT2D eigenvalue weighted by Gasteiger charge is 2.24. The number of aromatic carboxylic acids is 1. The van der Waals surface area contributed by atoms with Gasteiger partial charge in [-0.15, -0.1) is 0 Å². The Bertz CT molecular complexity index is 860. The Morgan fingerprint density at radius 1 is 1.36 bits per heavy atom. The molecular weight excluding hydrogens is 364 g/mol. The van der Waals surface area contributed by atoms with E-state index in [-0.39, 0.29) is 17.4 Å². The molecule has 0 aliphatic carbocycles. The summed E-state index contributed by atoms with van der Waals surface area (Å²) in [4.78, 5) is 34.8. The third kappa shape index (κ3) is 2.43. The van der Waals surface area contributed by atoms with Gasteiger partial charge in [-0.2, -0.15) is 0 Å². The average Bonchev–Trinajstić information content (AvgIpc) is 2.47. The van der Waals surface area contributed by atoms with Crippen molar-refractivity contribution in [2.45, 2.75) is 13.5 Å². The molecule has 8 heteroatoms. The first kappa shape index (κ1) is 16.3. The number of benzene rings is 1. The maximum Gasteiger partial charge on any atom is 0.341 e. The molecular formula is C14H10BrF2NO4. The Labute approximate surface area is 131 Å². The number of carbonyl (C=O) groups is 2. The molecule has 0 fully saturated rings. The molecule has 0 aliphatic heterocycles. The Hall–Kier alpha value is -2.09. The molecule has 5 nitrogen and oxygen atoms in total. The van der Waals surface area contributed by atoms with Crippen LogP contribution in [-0.2, 0) is 6.54 Å².